The average molecular weight is 282 g/mol. The first-order valence-corrected chi connectivity index (χ1v) is 5.79. The highest BCUT2D eigenvalue weighted by molar-refractivity contribution is 14.1. The number of hydrogen-bond acceptors (Lipinski definition) is 2. The minimum atomic E-state index is -0.0247. The van der Waals surface area contributed by atoms with Crippen LogP contribution in [0.4, 0.5) is 0 Å². The summed E-state index contributed by atoms with van der Waals surface area (Å²) in [5.74, 6) is 0.591. The fraction of sp³-hybridized carbons (Fsp3) is 0.889. The molecule has 1 saturated heterocycles. The number of halogens is 1. The van der Waals surface area contributed by atoms with Gasteiger partial charge in [-0.25, -0.2) is 0 Å². The Bertz CT molecular complexity index is 159. The van der Waals surface area contributed by atoms with Crippen molar-refractivity contribution in [1.29, 1.82) is 0 Å². The molecule has 1 fully saturated rings. The third-order valence-electron chi connectivity index (χ3n) is 2.22. The number of cyclic esters (lactones) is 1. The van der Waals surface area contributed by atoms with E-state index in [1.807, 2.05) is 0 Å². The van der Waals surface area contributed by atoms with Gasteiger partial charge in [0.25, 0.3) is 0 Å². The molecule has 12 heavy (non-hydrogen) atoms. The molecular weight excluding hydrogens is 267 g/mol. The quantitative estimate of drug-likeness (QED) is 0.452. The van der Waals surface area contributed by atoms with E-state index in [1.165, 1.54) is 19.3 Å². The van der Waals surface area contributed by atoms with Crippen LogP contribution >= 0.6 is 22.6 Å². The summed E-state index contributed by atoms with van der Waals surface area (Å²) in [5, 5.41) is 0. The number of carbonyl (C=O) groups is 1. The van der Waals surface area contributed by atoms with Gasteiger partial charge in [0.1, 0.15) is 3.92 Å². The molecule has 1 rings (SSSR count). The highest BCUT2D eigenvalue weighted by Crippen LogP contribution is 2.25. The van der Waals surface area contributed by atoms with Crippen LogP contribution in [0.15, 0.2) is 0 Å². The van der Waals surface area contributed by atoms with Crippen LogP contribution in [0.2, 0.25) is 0 Å². The van der Waals surface area contributed by atoms with E-state index in [1.54, 1.807) is 0 Å². The predicted molar refractivity (Wildman–Crippen MR) is 56.4 cm³/mol. The summed E-state index contributed by atoms with van der Waals surface area (Å²) in [7, 11) is 0. The minimum absolute atomic E-state index is 0.0247. The highest BCUT2D eigenvalue weighted by atomic mass is 127. The van der Waals surface area contributed by atoms with Crippen molar-refractivity contribution in [2.45, 2.75) is 36.5 Å². The molecule has 2 atom stereocenters. The Labute approximate surface area is 87.2 Å². The van der Waals surface area contributed by atoms with E-state index in [-0.39, 0.29) is 9.89 Å². The van der Waals surface area contributed by atoms with E-state index in [0.717, 1.165) is 6.42 Å². The molecule has 0 aromatic carbocycles. The zero-order chi connectivity index (χ0) is 8.97. The van der Waals surface area contributed by atoms with Crippen molar-refractivity contribution in [3.05, 3.63) is 0 Å². The normalized spacial score (nSPS) is 30.0. The Morgan fingerprint density at radius 2 is 2.42 bits per heavy atom. The fourth-order valence-corrected chi connectivity index (χ4v) is 2.34. The molecule has 0 saturated carbocycles. The lowest BCUT2D eigenvalue weighted by Gasteiger charge is -2.24. The van der Waals surface area contributed by atoms with E-state index in [9.17, 15) is 4.79 Å². The molecular formula is C9H15IO2. The van der Waals surface area contributed by atoms with Crippen molar-refractivity contribution in [3.8, 4) is 0 Å². The fourth-order valence-electron chi connectivity index (χ4n) is 1.44. The zero-order valence-corrected chi connectivity index (χ0v) is 9.54. The highest BCUT2D eigenvalue weighted by Gasteiger charge is 2.27. The molecule has 0 aromatic rings. The molecule has 2 nitrogen and oxygen atoms in total. The molecule has 0 radical (unpaired) electrons. The maximum Gasteiger partial charge on any atom is 0.318 e. The second kappa shape index (κ2) is 5.04. The molecule has 2 unspecified atom stereocenters. The molecule has 1 heterocycles. The van der Waals surface area contributed by atoms with Gasteiger partial charge in [-0.15, -0.1) is 0 Å². The molecule has 0 amide bonds. The van der Waals surface area contributed by atoms with E-state index in [2.05, 4.69) is 29.5 Å². The minimum Gasteiger partial charge on any atom is -0.465 e. The maximum atomic E-state index is 11.0. The van der Waals surface area contributed by atoms with Crippen LogP contribution < -0.4 is 0 Å². The van der Waals surface area contributed by atoms with Crippen LogP contribution in [-0.4, -0.2) is 16.5 Å². The molecule has 3 heteroatoms. The molecule has 0 aromatic heterocycles. The second-order valence-corrected chi connectivity index (χ2v) is 4.85. The van der Waals surface area contributed by atoms with Crippen LogP contribution in [0.1, 0.15) is 32.6 Å². The van der Waals surface area contributed by atoms with Crippen LogP contribution in [0.5, 0.6) is 0 Å². The van der Waals surface area contributed by atoms with Gasteiger partial charge in [0.15, 0.2) is 0 Å². The number of unbranched alkanes of at least 4 members (excludes halogenated alkanes) is 1. The second-order valence-electron chi connectivity index (χ2n) is 3.34. The van der Waals surface area contributed by atoms with Crippen molar-refractivity contribution in [3.63, 3.8) is 0 Å². The van der Waals surface area contributed by atoms with Gasteiger partial charge in [-0.3, -0.25) is 4.79 Å². The number of hydrogen-bond donors (Lipinski definition) is 0. The van der Waals surface area contributed by atoms with Gasteiger partial charge in [0.05, 0.1) is 6.61 Å². The number of alkyl halides is 1. The van der Waals surface area contributed by atoms with E-state index >= 15 is 0 Å². The Morgan fingerprint density at radius 1 is 1.67 bits per heavy atom. The van der Waals surface area contributed by atoms with Crippen molar-refractivity contribution >= 4 is 28.6 Å². The van der Waals surface area contributed by atoms with E-state index in [4.69, 9.17) is 4.74 Å². The Morgan fingerprint density at radius 3 is 3.00 bits per heavy atom. The Hall–Kier alpha value is 0.200. The first-order chi connectivity index (χ1) is 5.74. The van der Waals surface area contributed by atoms with Crippen LogP contribution in [0.3, 0.4) is 0 Å². The first-order valence-electron chi connectivity index (χ1n) is 4.54. The zero-order valence-electron chi connectivity index (χ0n) is 7.38. The van der Waals surface area contributed by atoms with Gasteiger partial charge in [0, 0.05) is 0 Å². The van der Waals surface area contributed by atoms with Crippen LogP contribution in [0.25, 0.3) is 0 Å². The summed E-state index contributed by atoms with van der Waals surface area (Å²) in [5.41, 5.74) is 0. The summed E-state index contributed by atoms with van der Waals surface area (Å²) < 4.78 is 5.15. The third-order valence-corrected chi connectivity index (χ3v) is 3.24. The smallest absolute Gasteiger partial charge is 0.318 e. The number of rotatable bonds is 3. The maximum absolute atomic E-state index is 11.0. The summed E-state index contributed by atoms with van der Waals surface area (Å²) in [6.45, 7) is 2.84. The van der Waals surface area contributed by atoms with E-state index in [0.29, 0.717) is 12.5 Å². The van der Waals surface area contributed by atoms with Crippen molar-refractivity contribution < 1.29 is 9.53 Å². The summed E-state index contributed by atoms with van der Waals surface area (Å²) in [4.78, 5) is 11.0. The lowest BCUT2D eigenvalue weighted by atomic mass is 9.96. The van der Waals surface area contributed by atoms with Gasteiger partial charge in [-0.2, -0.15) is 0 Å². The standard InChI is InChI=1S/C9H15IO2/c1-2-3-4-7-5-8(10)9(11)12-6-7/h7-8H,2-6H2,1H3. The van der Waals surface area contributed by atoms with Gasteiger partial charge < -0.3 is 4.74 Å². The van der Waals surface area contributed by atoms with Gasteiger partial charge in [0.2, 0.25) is 0 Å². The number of ether oxygens (including phenoxy) is 1. The number of carbonyl (C=O) groups excluding carboxylic acids is 1. The third kappa shape index (κ3) is 2.92. The van der Waals surface area contributed by atoms with Gasteiger partial charge >= 0.3 is 5.97 Å². The predicted octanol–water partition coefficient (Wildman–Crippen LogP) is 2.54. The molecule has 70 valence electrons. The van der Waals surface area contributed by atoms with Gasteiger partial charge in [-0.1, -0.05) is 42.4 Å². The van der Waals surface area contributed by atoms with Crippen LogP contribution in [0, 0.1) is 5.92 Å². The summed E-state index contributed by atoms with van der Waals surface area (Å²) >= 11 is 2.18. The average Bonchev–Trinajstić information content (AvgIpc) is 2.07. The molecule has 0 N–H and O–H groups in total. The largest absolute Gasteiger partial charge is 0.465 e. The molecule has 0 spiro atoms. The monoisotopic (exact) mass is 282 g/mol. The Kier molecular flexibility index (Phi) is 4.32. The Balaban J connectivity index is 2.25. The van der Waals surface area contributed by atoms with Gasteiger partial charge in [-0.05, 0) is 18.8 Å². The summed E-state index contributed by atoms with van der Waals surface area (Å²) in [6.07, 6.45) is 4.71. The lowest BCUT2D eigenvalue weighted by Crippen LogP contribution is -2.30. The molecule has 0 aliphatic carbocycles. The topological polar surface area (TPSA) is 26.3 Å². The van der Waals surface area contributed by atoms with Crippen molar-refractivity contribution in [2.24, 2.45) is 5.92 Å². The van der Waals surface area contributed by atoms with Crippen molar-refractivity contribution in [2.75, 3.05) is 6.61 Å². The summed E-state index contributed by atoms with van der Waals surface area (Å²) in [6, 6.07) is 0. The SMILES string of the molecule is CCCCC1COC(=O)C(I)C1. The molecule has 1 aliphatic heterocycles. The molecule has 1 aliphatic rings. The van der Waals surface area contributed by atoms with Crippen LogP contribution in [-0.2, 0) is 9.53 Å². The lowest BCUT2D eigenvalue weighted by molar-refractivity contribution is -0.148. The first kappa shape index (κ1) is 10.3. The van der Waals surface area contributed by atoms with E-state index < -0.39 is 0 Å². The number of esters is 1. The molecule has 0 bridgehead atoms. The van der Waals surface area contributed by atoms with Crippen molar-refractivity contribution in [1.82, 2.24) is 0 Å².